The summed E-state index contributed by atoms with van der Waals surface area (Å²) < 4.78 is 0. The van der Waals surface area contributed by atoms with Gasteiger partial charge in [-0.3, -0.25) is 4.79 Å². The van der Waals surface area contributed by atoms with Crippen LogP contribution in [0.3, 0.4) is 0 Å². The van der Waals surface area contributed by atoms with Crippen LogP contribution in [-0.4, -0.2) is 23.1 Å². The predicted molar refractivity (Wildman–Crippen MR) is 47.9 cm³/mol. The van der Waals surface area contributed by atoms with E-state index in [1.807, 2.05) is 0 Å². The summed E-state index contributed by atoms with van der Waals surface area (Å²) in [7, 11) is 0. The van der Waals surface area contributed by atoms with Crippen molar-refractivity contribution in [3.63, 3.8) is 0 Å². The van der Waals surface area contributed by atoms with E-state index in [2.05, 4.69) is 0 Å². The first-order chi connectivity index (χ1) is 6.66. The summed E-state index contributed by atoms with van der Waals surface area (Å²) in [5, 5.41) is 8.44. The Morgan fingerprint density at radius 1 is 1.21 bits per heavy atom. The number of carbonyl (C=O) groups excluding carboxylic acids is 2. The highest BCUT2D eigenvalue weighted by Crippen LogP contribution is 2.13. The average molecular weight is 192 g/mol. The number of aliphatic carboxylic acids is 1. The maximum atomic E-state index is 11.0. The van der Waals surface area contributed by atoms with Gasteiger partial charge in [0.1, 0.15) is 12.2 Å². The molecule has 4 nitrogen and oxygen atoms in total. The quantitative estimate of drug-likeness (QED) is 0.431. The van der Waals surface area contributed by atoms with E-state index < -0.39 is 17.7 Å². The normalized spacial score (nSPS) is 11.7. The van der Waals surface area contributed by atoms with Gasteiger partial charge in [0.15, 0.2) is 0 Å². The molecule has 0 aliphatic heterocycles. The Labute approximate surface area is 80.2 Å². The summed E-state index contributed by atoms with van der Waals surface area (Å²) in [6, 6.07) is 8.08. The molecule has 0 amide bonds. The van der Waals surface area contributed by atoms with Crippen LogP contribution in [0.4, 0.5) is 0 Å². The van der Waals surface area contributed by atoms with E-state index in [4.69, 9.17) is 5.11 Å². The molecule has 0 fully saturated rings. The van der Waals surface area contributed by atoms with Crippen molar-refractivity contribution >= 4 is 18.0 Å². The lowest BCUT2D eigenvalue weighted by Gasteiger charge is -2.05. The molecule has 1 aromatic rings. The number of carboxylic acid groups (broad SMARTS) is 1. The Bertz CT molecular complexity index is 356. The Morgan fingerprint density at radius 3 is 2.21 bits per heavy atom. The third kappa shape index (κ3) is 2.04. The van der Waals surface area contributed by atoms with Crippen molar-refractivity contribution in [3.8, 4) is 0 Å². The molecule has 14 heavy (non-hydrogen) atoms. The molecular weight excluding hydrogens is 184 g/mol. The highest BCUT2D eigenvalue weighted by Gasteiger charge is 2.25. The number of Topliss-reactive ketones (excluding diaryl/α,β-unsaturated/α-hetero) is 1. The zero-order chi connectivity index (χ0) is 10.6. The Hall–Kier alpha value is -1.97. The standard InChI is InChI=1S/C10H8O4/c11-6-8(9(12)10(13)14)7-4-2-1-3-5-7/h1-6,8H,(H,13,14). The molecule has 0 heterocycles. The van der Waals surface area contributed by atoms with E-state index in [9.17, 15) is 14.4 Å². The molecule has 0 aliphatic carbocycles. The largest absolute Gasteiger partial charge is 0.475 e. The second-order valence-corrected chi connectivity index (χ2v) is 2.69. The fourth-order valence-corrected chi connectivity index (χ4v) is 1.09. The zero-order valence-electron chi connectivity index (χ0n) is 7.21. The first-order valence-electron chi connectivity index (χ1n) is 3.94. The predicted octanol–water partition coefficient (Wildman–Crippen LogP) is 0.623. The molecule has 0 aliphatic rings. The van der Waals surface area contributed by atoms with Crippen LogP contribution in [0.2, 0.25) is 0 Å². The number of carbonyl (C=O) groups is 3. The van der Waals surface area contributed by atoms with Crippen molar-refractivity contribution in [2.75, 3.05) is 0 Å². The highest BCUT2D eigenvalue weighted by molar-refractivity contribution is 6.38. The monoisotopic (exact) mass is 192 g/mol. The van der Waals surface area contributed by atoms with Gasteiger partial charge in [-0.25, -0.2) is 4.79 Å². The third-order valence-electron chi connectivity index (χ3n) is 1.79. The van der Waals surface area contributed by atoms with E-state index in [-0.39, 0.29) is 0 Å². The van der Waals surface area contributed by atoms with E-state index in [1.165, 1.54) is 0 Å². The van der Waals surface area contributed by atoms with Gasteiger partial charge in [0, 0.05) is 0 Å². The van der Waals surface area contributed by atoms with Gasteiger partial charge in [0.25, 0.3) is 5.78 Å². The van der Waals surface area contributed by atoms with Gasteiger partial charge >= 0.3 is 5.97 Å². The molecule has 72 valence electrons. The average Bonchev–Trinajstić information content (AvgIpc) is 2.20. The van der Waals surface area contributed by atoms with Crippen LogP contribution < -0.4 is 0 Å². The van der Waals surface area contributed by atoms with E-state index in [0.29, 0.717) is 11.8 Å². The number of carboxylic acids is 1. The molecule has 0 spiro atoms. The van der Waals surface area contributed by atoms with Crippen LogP contribution in [0.15, 0.2) is 30.3 Å². The molecule has 0 bridgehead atoms. The third-order valence-corrected chi connectivity index (χ3v) is 1.79. The lowest BCUT2D eigenvalue weighted by atomic mass is 9.96. The number of ketones is 1. The fraction of sp³-hybridized carbons (Fsp3) is 0.100. The first kappa shape index (κ1) is 10.1. The zero-order valence-corrected chi connectivity index (χ0v) is 7.21. The molecule has 1 unspecified atom stereocenters. The van der Waals surface area contributed by atoms with Crippen LogP contribution in [0.1, 0.15) is 11.5 Å². The molecule has 1 atom stereocenters. The number of hydrogen-bond donors (Lipinski definition) is 1. The van der Waals surface area contributed by atoms with Gasteiger partial charge in [-0.1, -0.05) is 30.3 Å². The number of aldehydes is 1. The molecule has 0 saturated carbocycles. The summed E-state index contributed by atoms with van der Waals surface area (Å²) in [6.07, 6.45) is 0.339. The fourth-order valence-electron chi connectivity index (χ4n) is 1.09. The summed E-state index contributed by atoms with van der Waals surface area (Å²) in [5.74, 6) is -3.90. The smallest absolute Gasteiger partial charge is 0.373 e. The van der Waals surface area contributed by atoms with Crippen molar-refractivity contribution in [2.24, 2.45) is 0 Å². The van der Waals surface area contributed by atoms with Crippen molar-refractivity contribution in [1.29, 1.82) is 0 Å². The minimum Gasteiger partial charge on any atom is -0.475 e. The highest BCUT2D eigenvalue weighted by atomic mass is 16.4. The van der Waals surface area contributed by atoms with Gasteiger partial charge in [0.2, 0.25) is 0 Å². The topological polar surface area (TPSA) is 71.4 Å². The lowest BCUT2D eigenvalue weighted by molar-refractivity contribution is -0.150. The Kier molecular flexibility index (Phi) is 3.12. The van der Waals surface area contributed by atoms with Gasteiger partial charge in [-0.05, 0) is 5.56 Å². The lowest BCUT2D eigenvalue weighted by Crippen LogP contribution is -2.22. The van der Waals surface area contributed by atoms with Crippen molar-refractivity contribution in [2.45, 2.75) is 5.92 Å². The number of rotatable bonds is 4. The molecule has 1 N–H and O–H groups in total. The second-order valence-electron chi connectivity index (χ2n) is 2.69. The number of benzene rings is 1. The first-order valence-corrected chi connectivity index (χ1v) is 3.94. The molecular formula is C10H8O4. The summed E-state index contributed by atoms with van der Waals surface area (Å²) in [6.45, 7) is 0. The van der Waals surface area contributed by atoms with Gasteiger partial charge in [-0.15, -0.1) is 0 Å². The SMILES string of the molecule is O=CC(C(=O)C(=O)O)c1ccccc1. The summed E-state index contributed by atoms with van der Waals surface area (Å²) in [4.78, 5) is 32.0. The maximum absolute atomic E-state index is 11.0. The molecule has 0 aromatic heterocycles. The van der Waals surface area contributed by atoms with Gasteiger partial charge < -0.3 is 9.90 Å². The second kappa shape index (κ2) is 4.32. The van der Waals surface area contributed by atoms with Crippen LogP contribution >= 0.6 is 0 Å². The minimum atomic E-state index is -1.59. The molecule has 1 aromatic carbocycles. The van der Waals surface area contributed by atoms with Crippen LogP contribution in [0.5, 0.6) is 0 Å². The maximum Gasteiger partial charge on any atom is 0.373 e. The van der Waals surface area contributed by atoms with Crippen molar-refractivity contribution in [3.05, 3.63) is 35.9 Å². The van der Waals surface area contributed by atoms with Crippen LogP contribution in [0.25, 0.3) is 0 Å². The van der Waals surface area contributed by atoms with Crippen molar-refractivity contribution < 1.29 is 19.5 Å². The molecule has 1 rings (SSSR count). The molecule has 0 radical (unpaired) electrons. The van der Waals surface area contributed by atoms with Gasteiger partial charge in [0.05, 0.1) is 0 Å². The minimum absolute atomic E-state index is 0.339. The van der Waals surface area contributed by atoms with E-state index >= 15 is 0 Å². The summed E-state index contributed by atoms with van der Waals surface area (Å²) >= 11 is 0. The number of hydrogen-bond acceptors (Lipinski definition) is 3. The van der Waals surface area contributed by atoms with E-state index in [1.54, 1.807) is 30.3 Å². The van der Waals surface area contributed by atoms with Crippen LogP contribution in [0, 0.1) is 0 Å². The van der Waals surface area contributed by atoms with Gasteiger partial charge in [-0.2, -0.15) is 0 Å². The van der Waals surface area contributed by atoms with E-state index in [0.717, 1.165) is 0 Å². The Balaban J connectivity index is 2.99. The summed E-state index contributed by atoms with van der Waals surface area (Å²) in [5.41, 5.74) is 0.398. The van der Waals surface area contributed by atoms with Crippen LogP contribution in [-0.2, 0) is 14.4 Å². The molecule has 0 saturated heterocycles. The Morgan fingerprint density at radius 2 is 1.79 bits per heavy atom. The van der Waals surface area contributed by atoms with Crippen molar-refractivity contribution in [1.82, 2.24) is 0 Å². The molecule has 4 heteroatoms.